The van der Waals surface area contributed by atoms with Gasteiger partial charge in [0.15, 0.2) is 9.84 Å². The van der Waals surface area contributed by atoms with Gasteiger partial charge in [-0.25, -0.2) is 8.42 Å². The molecule has 2 aromatic heterocycles. The fourth-order valence-corrected chi connectivity index (χ4v) is 6.23. The number of methoxy groups -OCH3 is 1. The first-order valence-electron chi connectivity index (χ1n) is 9.18. The van der Waals surface area contributed by atoms with Crippen LogP contribution in [0.4, 0.5) is 0 Å². The molecule has 0 bridgehead atoms. The Kier molecular flexibility index (Phi) is 5.74. The number of benzene rings is 2. The number of carbonyl (C=O) groups excluding carboxylic acids is 1. The molecular weight excluding hydrogens is 458 g/mol. The Labute approximate surface area is 187 Å². The van der Waals surface area contributed by atoms with Crippen molar-refractivity contribution in [1.29, 1.82) is 0 Å². The highest BCUT2D eigenvalue weighted by atomic mass is 35.5. The molecule has 0 saturated carbocycles. The van der Waals surface area contributed by atoms with Crippen LogP contribution in [0, 0.1) is 0 Å². The van der Waals surface area contributed by atoms with Gasteiger partial charge in [0.25, 0.3) is 0 Å². The summed E-state index contributed by atoms with van der Waals surface area (Å²) in [5.74, 6) is -0.283. The van der Waals surface area contributed by atoms with Gasteiger partial charge in [-0.15, -0.1) is 11.3 Å². The van der Waals surface area contributed by atoms with Crippen molar-refractivity contribution in [3.63, 3.8) is 0 Å². The molecule has 160 valence electrons. The number of nitrogens with zero attached hydrogens (tertiary/aromatic N) is 2. The third kappa shape index (κ3) is 4.30. The molecule has 0 unspecified atom stereocenters. The maximum absolute atomic E-state index is 13.0. The Morgan fingerprint density at radius 2 is 1.97 bits per heavy atom. The van der Waals surface area contributed by atoms with Crippen molar-refractivity contribution < 1.29 is 17.9 Å². The number of fused-ring (bicyclic) bond motifs is 1. The van der Waals surface area contributed by atoms with E-state index in [1.165, 1.54) is 13.2 Å². The molecule has 0 atom stereocenters. The second-order valence-electron chi connectivity index (χ2n) is 6.84. The second-order valence-corrected chi connectivity index (χ2v) is 10.8. The lowest BCUT2D eigenvalue weighted by molar-refractivity contribution is 0.1000. The molecule has 2 aromatic carbocycles. The SMILES string of the molecule is COc1cccc2c1c(CS(=O)(=O)c1ccc(Cl)s1)nn2Cc1cccc(C(N)=O)c1. The molecule has 0 radical (unpaired) electrons. The van der Waals surface area contributed by atoms with E-state index in [1.54, 1.807) is 35.0 Å². The van der Waals surface area contributed by atoms with Gasteiger partial charge in [0, 0.05) is 5.56 Å². The normalized spacial score (nSPS) is 11.7. The lowest BCUT2D eigenvalue weighted by Gasteiger charge is -2.06. The van der Waals surface area contributed by atoms with Crippen LogP contribution in [0.2, 0.25) is 4.34 Å². The minimum Gasteiger partial charge on any atom is -0.496 e. The summed E-state index contributed by atoms with van der Waals surface area (Å²) in [6.07, 6.45) is 0. The van der Waals surface area contributed by atoms with Crippen LogP contribution < -0.4 is 10.5 Å². The lowest BCUT2D eigenvalue weighted by Crippen LogP contribution is -2.12. The van der Waals surface area contributed by atoms with Gasteiger partial charge < -0.3 is 10.5 Å². The maximum atomic E-state index is 13.0. The Morgan fingerprint density at radius 1 is 1.19 bits per heavy atom. The van der Waals surface area contributed by atoms with E-state index in [9.17, 15) is 13.2 Å². The highest BCUT2D eigenvalue weighted by Crippen LogP contribution is 2.33. The zero-order valence-electron chi connectivity index (χ0n) is 16.4. The highest BCUT2D eigenvalue weighted by molar-refractivity contribution is 7.92. The summed E-state index contributed by atoms with van der Waals surface area (Å²) < 4.78 is 33.7. The average molecular weight is 476 g/mol. The number of ether oxygens (including phenoxy) is 1. The number of rotatable bonds is 7. The molecule has 0 saturated heterocycles. The van der Waals surface area contributed by atoms with Crippen LogP contribution in [-0.4, -0.2) is 31.2 Å². The number of halogens is 1. The van der Waals surface area contributed by atoms with E-state index in [4.69, 9.17) is 22.1 Å². The van der Waals surface area contributed by atoms with Crippen LogP contribution in [0.5, 0.6) is 5.75 Å². The van der Waals surface area contributed by atoms with Crippen molar-refractivity contribution >= 4 is 49.6 Å². The van der Waals surface area contributed by atoms with Crippen molar-refractivity contribution in [2.24, 2.45) is 5.73 Å². The number of sulfone groups is 1. The predicted octanol–water partition coefficient (Wildman–Crippen LogP) is 3.88. The van der Waals surface area contributed by atoms with Crippen LogP contribution in [0.3, 0.4) is 0 Å². The molecule has 4 rings (SSSR count). The molecule has 0 aliphatic carbocycles. The molecule has 31 heavy (non-hydrogen) atoms. The van der Waals surface area contributed by atoms with Crippen LogP contribution >= 0.6 is 22.9 Å². The van der Waals surface area contributed by atoms with E-state index in [0.29, 0.717) is 33.3 Å². The Balaban J connectivity index is 1.80. The minimum absolute atomic E-state index is 0.184. The van der Waals surface area contributed by atoms with Gasteiger partial charge in [-0.1, -0.05) is 29.8 Å². The van der Waals surface area contributed by atoms with E-state index in [-0.39, 0.29) is 9.96 Å². The van der Waals surface area contributed by atoms with Gasteiger partial charge in [-0.05, 0) is 42.0 Å². The smallest absolute Gasteiger partial charge is 0.248 e. The highest BCUT2D eigenvalue weighted by Gasteiger charge is 2.24. The van der Waals surface area contributed by atoms with Gasteiger partial charge in [-0.2, -0.15) is 5.10 Å². The van der Waals surface area contributed by atoms with Crippen LogP contribution in [0.15, 0.2) is 58.8 Å². The zero-order chi connectivity index (χ0) is 22.2. The fourth-order valence-electron chi connectivity index (χ4n) is 3.38. The molecule has 0 aliphatic heterocycles. The van der Waals surface area contributed by atoms with E-state index >= 15 is 0 Å². The monoisotopic (exact) mass is 475 g/mol. The number of hydrogen-bond donors (Lipinski definition) is 1. The summed E-state index contributed by atoms with van der Waals surface area (Å²) >= 11 is 6.93. The number of nitrogens with two attached hydrogens (primary N) is 1. The van der Waals surface area contributed by atoms with E-state index in [0.717, 1.165) is 22.4 Å². The largest absolute Gasteiger partial charge is 0.496 e. The molecule has 7 nitrogen and oxygen atoms in total. The molecule has 0 fully saturated rings. The maximum Gasteiger partial charge on any atom is 0.248 e. The third-order valence-electron chi connectivity index (χ3n) is 4.76. The number of amides is 1. The molecule has 2 heterocycles. The fraction of sp³-hybridized carbons (Fsp3) is 0.143. The molecule has 2 N–H and O–H groups in total. The van der Waals surface area contributed by atoms with Gasteiger partial charge in [0.2, 0.25) is 5.91 Å². The van der Waals surface area contributed by atoms with Crippen LogP contribution in [0.1, 0.15) is 21.6 Å². The number of carbonyl (C=O) groups is 1. The summed E-state index contributed by atoms with van der Waals surface area (Å²) in [5.41, 5.74) is 7.68. The zero-order valence-corrected chi connectivity index (χ0v) is 18.8. The third-order valence-corrected chi connectivity index (χ3v) is 8.20. The lowest BCUT2D eigenvalue weighted by atomic mass is 10.1. The number of primary amides is 1. The predicted molar refractivity (Wildman–Crippen MR) is 121 cm³/mol. The van der Waals surface area contributed by atoms with Gasteiger partial charge in [-0.3, -0.25) is 9.48 Å². The summed E-state index contributed by atoms with van der Waals surface area (Å²) in [4.78, 5) is 11.5. The minimum atomic E-state index is -3.64. The molecule has 4 aromatic rings. The van der Waals surface area contributed by atoms with Gasteiger partial charge in [0.1, 0.15) is 15.7 Å². The molecule has 1 amide bonds. The first kappa shape index (κ1) is 21.4. The van der Waals surface area contributed by atoms with Gasteiger partial charge >= 0.3 is 0 Å². The first-order chi connectivity index (χ1) is 14.8. The summed E-state index contributed by atoms with van der Waals surface area (Å²) in [7, 11) is -2.12. The first-order valence-corrected chi connectivity index (χ1v) is 12.0. The van der Waals surface area contributed by atoms with Crippen molar-refractivity contribution in [2.45, 2.75) is 16.5 Å². The average Bonchev–Trinajstić information content (AvgIpc) is 3.32. The van der Waals surface area contributed by atoms with Crippen molar-refractivity contribution in [3.05, 3.63) is 75.8 Å². The standard InChI is InChI=1S/C21H18ClN3O4S2/c1-29-17-7-3-6-16-20(17)15(12-31(27,28)19-9-8-18(22)30-19)24-25(16)11-13-4-2-5-14(10-13)21(23)26/h2-10H,11-12H2,1H3,(H2,23,26). The number of hydrogen-bond acceptors (Lipinski definition) is 6. The van der Waals surface area contributed by atoms with Crippen LogP contribution in [-0.2, 0) is 22.1 Å². The summed E-state index contributed by atoms with van der Waals surface area (Å²) in [6.45, 7) is 0.329. The molecule has 0 spiro atoms. The molecule has 10 heteroatoms. The summed E-state index contributed by atoms with van der Waals surface area (Å²) in [6, 6.07) is 15.4. The van der Waals surface area contributed by atoms with Crippen LogP contribution in [0.25, 0.3) is 10.9 Å². The summed E-state index contributed by atoms with van der Waals surface area (Å²) in [5, 5.41) is 5.23. The number of aromatic nitrogens is 2. The molecular formula is C21H18ClN3O4S2. The van der Waals surface area contributed by atoms with Crippen molar-refractivity contribution in [1.82, 2.24) is 9.78 Å². The van der Waals surface area contributed by atoms with E-state index in [2.05, 4.69) is 5.10 Å². The van der Waals surface area contributed by atoms with E-state index < -0.39 is 15.7 Å². The topological polar surface area (TPSA) is 104 Å². The molecule has 0 aliphatic rings. The Bertz CT molecular complexity index is 1390. The van der Waals surface area contributed by atoms with Crippen molar-refractivity contribution in [3.8, 4) is 5.75 Å². The second kappa shape index (κ2) is 8.33. The van der Waals surface area contributed by atoms with Gasteiger partial charge in [0.05, 0.1) is 34.6 Å². The van der Waals surface area contributed by atoms with E-state index in [1.807, 2.05) is 18.2 Å². The Morgan fingerprint density at radius 3 is 2.65 bits per heavy atom. The van der Waals surface area contributed by atoms with Crippen molar-refractivity contribution in [2.75, 3.05) is 7.11 Å². The quantitative estimate of drug-likeness (QED) is 0.436. The number of thiophene rings is 1. The Hall–Kier alpha value is -2.88.